The lowest BCUT2D eigenvalue weighted by atomic mass is 10.2. The number of rotatable bonds is 4. The summed E-state index contributed by atoms with van der Waals surface area (Å²) in [6, 6.07) is 3.90. The quantitative estimate of drug-likeness (QED) is 0.772. The summed E-state index contributed by atoms with van der Waals surface area (Å²) in [5, 5.41) is 6.91. The molecule has 0 spiro atoms. The van der Waals surface area contributed by atoms with Crippen LogP contribution in [-0.2, 0) is 6.54 Å². The van der Waals surface area contributed by atoms with Gasteiger partial charge in [0.1, 0.15) is 11.5 Å². The van der Waals surface area contributed by atoms with E-state index in [0.717, 1.165) is 18.1 Å². The monoisotopic (exact) mass is 226 g/mol. The molecule has 1 aromatic heterocycles. The van der Waals surface area contributed by atoms with Crippen LogP contribution in [0, 0.1) is 12.8 Å². The van der Waals surface area contributed by atoms with Gasteiger partial charge in [0.25, 0.3) is 0 Å². The molecule has 0 unspecified atom stereocenters. The van der Waals surface area contributed by atoms with E-state index in [-0.39, 0.29) is 0 Å². The zero-order valence-electron chi connectivity index (χ0n) is 9.46. The summed E-state index contributed by atoms with van der Waals surface area (Å²) < 4.78 is 5.41. The molecule has 84 valence electrons. The van der Waals surface area contributed by atoms with Gasteiger partial charge >= 0.3 is 0 Å². The average Bonchev–Trinajstić information content (AvgIpc) is 2.58. The maximum atomic E-state index is 5.41. The number of thiocarbonyl (C=S) groups is 1. The van der Waals surface area contributed by atoms with Gasteiger partial charge in [-0.25, -0.2) is 0 Å². The van der Waals surface area contributed by atoms with Crippen LogP contribution >= 0.6 is 12.2 Å². The van der Waals surface area contributed by atoms with Gasteiger partial charge in [-0.2, -0.15) is 0 Å². The smallest absolute Gasteiger partial charge is 0.166 e. The summed E-state index contributed by atoms with van der Waals surface area (Å²) in [6.45, 7) is 7.75. The lowest BCUT2D eigenvalue weighted by molar-refractivity contribution is 0.477. The van der Waals surface area contributed by atoms with Crippen LogP contribution in [0.15, 0.2) is 16.5 Å². The van der Waals surface area contributed by atoms with Gasteiger partial charge in [-0.15, -0.1) is 0 Å². The van der Waals surface area contributed by atoms with E-state index in [1.54, 1.807) is 0 Å². The largest absolute Gasteiger partial charge is 0.465 e. The first-order chi connectivity index (χ1) is 7.08. The number of hydrogen-bond donors (Lipinski definition) is 2. The van der Waals surface area contributed by atoms with Crippen LogP contribution in [0.4, 0.5) is 0 Å². The molecule has 0 amide bonds. The standard InChI is InChI=1S/C11H18N2OS/c1-8(2)6-12-11(15)13-7-10-5-4-9(3)14-10/h4-5,8H,6-7H2,1-3H3,(H2,12,13,15). The van der Waals surface area contributed by atoms with Crippen molar-refractivity contribution in [1.82, 2.24) is 10.6 Å². The predicted octanol–water partition coefficient (Wildman–Crippen LogP) is 2.21. The Morgan fingerprint density at radius 2 is 2.13 bits per heavy atom. The molecule has 1 rings (SSSR count). The molecule has 0 radical (unpaired) electrons. The molecule has 0 saturated carbocycles. The first kappa shape index (κ1) is 12.0. The second kappa shape index (κ2) is 5.75. The van der Waals surface area contributed by atoms with Gasteiger partial charge in [0.05, 0.1) is 6.54 Å². The van der Waals surface area contributed by atoms with Crippen molar-refractivity contribution in [2.24, 2.45) is 5.92 Å². The summed E-state index contributed by atoms with van der Waals surface area (Å²) in [5.74, 6) is 2.42. The Morgan fingerprint density at radius 1 is 1.40 bits per heavy atom. The molecule has 0 aliphatic heterocycles. The van der Waals surface area contributed by atoms with E-state index in [1.165, 1.54) is 0 Å². The maximum absolute atomic E-state index is 5.41. The molecule has 0 bridgehead atoms. The van der Waals surface area contributed by atoms with Crippen molar-refractivity contribution in [1.29, 1.82) is 0 Å². The summed E-state index contributed by atoms with van der Waals surface area (Å²) in [6.07, 6.45) is 0. The van der Waals surface area contributed by atoms with Crippen molar-refractivity contribution < 1.29 is 4.42 Å². The van der Waals surface area contributed by atoms with Gasteiger partial charge in [-0.1, -0.05) is 13.8 Å². The Labute approximate surface area is 96.2 Å². The van der Waals surface area contributed by atoms with Crippen LogP contribution in [0.1, 0.15) is 25.4 Å². The van der Waals surface area contributed by atoms with Crippen molar-refractivity contribution in [2.45, 2.75) is 27.3 Å². The molecule has 0 saturated heterocycles. The summed E-state index contributed by atoms with van der Waals surface area (Å²) in [7, 11) is 0. The Morgan fingerprint density at radius 3 is 2.67 bits per heavy atom. The molecule has 1 heterocycles. The van der Waals surface area contributed by atoms with Crippen molar-refractivity contribution >= 4 is 17.3 Å². The van der Waals surface area contributed by atoms with Gasteiger partial charge in [0.15, 0.2) is 5.11 Å². The van der Waals surface area contributed by atoms with Gasteiger partial charge in [-0.05, 0) is 37.2 Å². The first-order valence-corrected chi connectivity index (χ1v) is 5.55. The molecular formula is C11H18N2OS. The molecular weight excluding hydrogens is 208 g/mol. The summed E-state index contributed by atoms with van der Waals surface area (Å²) in [4.78, 5) is 0. The van der Waals surface area contributed by atoms with Gasteiger partial charge in [0.2, 0.25) is 0 Å². The Hall–Kier alpha value is -1.03. The minimum atomic E-state index is 0.593. The Balaban J connectivity index is 2.22. The van der Waals surface area contributed by atoms with Gasteiger partial charge < -0.3 is 15.1 Å². The fourth-order valence-corrected chi connectivity index (χ4v) is 1.26. The van der Waals surface area contributed by atoms with Crippen molar-refractivity contribution in [2.75, 3.05) is 6.54 Å². The molecule has 3 nitrogen and oxygen atoms in total. The van der Waals surface area contributed by atoms with E-state index in [4.69, 9.17) is 16.6 Å². The Bertz CT molecular complexity index is 320. The van der Waals surface area contributed by atoms with Crippen LogP contribution in [0.25, 0.3) is 0 Å². The third kappa shape index (κ3) is 4.83. The van der Waals surface area contributed by atoms with E-state index in [2.05, 4.69) is 24.5 Å². The molecule has 0 fully saturated rings. The topological polar surface area (TPSA) is 37.2 Å². The van der Waals surface area contributed by atoms with Crippen LogP contribution in [0.5, 0.6) is 0 Å². The first-order valence-electron chi connectivity index (χ1n) is 5.15. The second-order valence-corrected chi connectivity index (χ2v) is 4.38. The van der Waals surface area contributed by atoms with E-state index in [0.29, 0.717) is 17.6 Å². The minimum absolute atomic E-state index is 0.593. The highest BCUT2D eigenvalue weighted by Crippen LogP contribution is 2.05. The van der Waals surface area contributed by atoms with Crippen LogP contribution < -0.4 is 10.6 Å². The zero-order chi connectivity index (χ0) is 11.3. The van der Waals surface area contributed by atoms with Crippen molar-refractivity contribution in [3.63, 3.8) is 0 Å². The molecule has 0 aromatic carbocycles. The fourth-order valence-electron chi connectivity index (χ4n) is 1.11. The van der Waals surface area contributed by atoms with Gasteiger partial charge in [0, 0.05) is 6.54 Å². The highest BCUT2D eigenvalue weighted by atomic mass is 32.1. The minimum Gasteiger partial charge on any atom is -0.465 e. The third-order valence-corrected chi connectivity index (χ3v) is 2.18. The second-order valence-electron chi connectivity index (χ2n) is 3.97. The van der Waals surface area contributed by atoms with E-state index in [9.17, 15) is 0 Å². The molecule has 0 aliphatic rings. The number of furan rings is 1. The molecule has 0 atom stereocenters. The maximum Gasteiger partial charge on any atom is 0.166 e. The van der Waals surface area contributed by atoms with E-state index >= 15 is 0 Å². The fraction of sp³-hybridized carbons (Fsp3) is 0.545. The van der Waals surface area contributed by atoms with Gasteiger partial charge in [-0.3, -0.25) is 0 Å². The highest BCUT2D eigenvalue weighted by Gasteiger charge is 2.00. The Kier molecular flexibility index (Phi) is 4.62. The SMILES string of the molecule is Cc1ccc(CNC(=S)NCC(C)C)o1. The number of nitrogens with one attached hydrogen (secondary N) is 2. The highest BCUT2D eigenvalue weighted by molar-refractivity contribution is 7.80. The van der Waals surface area contributed by atoms with Crippen molar-refractivity contribution in [3.8, 4) is 0 Å². The lowest BCUT2D eigenvalue weighted by Gasteiger charge is -2.10. The third-order valence-electron chi connectivity index (χ3n) is 1.89. The molecule has 4 heteroatoms. The molecule has 1 aromatic rings. The molecule has 15 heavy (non-hydrogen) atoms. The lowest BCUT2D eigenvalue weighted by Crippen LogP contribution is -2.36. The van der Waals surface area contributed by atoms with Crippen LogP contribution in [0.2, 0.25) is 0 Å². The summed E-state index contributed by atoms with van der Waals surface area (Å²) in [5.41, 5.74) is 0. The molecule has 0 aliphatic carbocycles. The summed E-state index contributed by atoms with van der Waals surface area (Å²) >= 11 is 5.11. The van der Waals surface area contributed by atoms with E-state index < -0.39 is 0 Å². The van der Waals surface area contributed by atoms with Crippen molar-refractivity contribution in [3.05, 3.63) is 23.7 Å². The average molecular weight is 226 g/mol. The number of hydrogen-bond acceptors (Lipinski definition) is 2. The number of aryl methyl sites for hydroxylation is 1. The van der Waals surface area contributed by atoms with E-state index in [1.807, 2.05) is 19.1 Å². The molecule has 2 N–H and O–H groups in total. The zero-order valence-corrected chi connectivity index (χ0v) is 10.3. The van der Waals surface area contributed by atoms with Crippen LogP contribution in [-0.4, -0.2) is 11.7 Å². The predicted molar refractivity (Wildman–Crippen MR) is 65.7 cm³/mol. The normalized spacial score (nSPS) is 10.4. The van der Waals surface area contributed by atoms with Crippen LogP contribution in [0.3, 0.4) is 0 Å².